The quantitative estimate of drug-likeness (QED) is 0.549. The zero-order valence-electron chi connectivity index (χ0n) is 17.3. The third-order valence-electron chi connectivity index (χ3n) is 4.34. The van der Waals surface area contributed by atoms with Gasteiger partial charge in [0.05, 0.1) is 24.7 Å². The van der Waals surface area contributed by atoms with Crippen LogP contribution in [0.5, 0.6) is 0 Å². The van der Waals surface area contributed by atoms with E-state index in [9.17, 15) is 22.8 Å². The predicted octanol–water partition coefficient (Wildman–Crippen LogP) is 2.41. The van der Waals surface area contributed by atoms with Crippen LogP contribution in [0.1, 0.15) is 32.0 Å². The number of nitrogens with one attached hydrogen (secondary N) is 2. The average Bonchev–Trinajstić information content (AvgIpc) is 3.30. The zero-order valence-corrected chi connectivity index (χ0v) is 17.3. The van der Waals surface area contributed by atoms with E-state index in [4.69, 9.17) is 0 Å². The number of alkyl halides is 3. The first-order valence-corrected chi connectivity index (χ1v) is 9.45. The van der Waals surface area contributed by atoms with Gasteiger partial charge in [0.15, 0.2) is 0 Å². The second-order valence-electron chi connectivity index (χ2n) is 7.00. The molecule has 1 aromatic carbocycles. The molecular weight excluding hydrogens is 429 g/mol. The van der Waals surface area contributed by atoms with Gasteiger partial charge < -0.3 is 15.4 Å². The summed E-state index contributed by atoms with van der Waals surface area (Å²) in [5.74, 6) is -0.990. The Bertz CT molecular complexity index is 1110. The number of benzene rings is 1. The van der Waals surface area contributed by atoms with Crippen LogP contribution in [-0.2, 0) is 32.0 Å². The Kier molecular flexibility index (Phi) is 6.93. The molecule has 2 N–H and O–H groups in total. The van der Waals surface area contributed by atoms with E-state index in [1.807, 2.05) is 0 Å². The summed E-state index contributed by atoms with van der Waals surface area (Å²) in [5, 5.41) is 13.4. The van der Waals surface area contributed by atoms with E-state index in [-0.39, 0.29) is 30.1 Å². The molecule has 2 aromatic heterocycles. The number of rotatable bonds is 8. The van der Waals surface area contributed by atoms with E-state index >= 15 is 0 Å². The van der Waals surface area contributed by atoms with E-state index in [1.165, 1.54) is 29.1 Å². The van der Waals surface area contributed by atoms with Gasteiger partial charge in [0.1, 0.15) is 12.3 Å². The first-order chi connectivity index (χ1) is 15.1. The molecule has 0 bridgehead atoms. The number of amides is 2. The van der Waals surface area contributed by atoms with E-state index < -0.39 is 24.6 Å². The molecule has 2 heterocycles. The van der Waals surface area contributed by atoms with Crippen molar-refractivity contribution < 1.29 is 27.5 Å². The van der Waals surface area contributed by atoms with Crippen molar-refractivity contribution >= 4 is 17.5 Å². The Hall–Kier alpha value is -3.67. The summed E-state index contributed by atoms with van der Waals surface area (Å²) in [5.41, 5.74) is 1.75. The van der Waals surface area contributed by atoms with Crippen molar-refractivity contribution in [2.24, 2.45) is 14.1 Å². The van der Waals surface area contributed by atoms with Crippen molar-refractivity contribution in [3.63, 3.8) is 0 Å². The third-order valence-corrected chi connectivity index (χ3v) is 4.34. The SMILES string of the molecule is Cn1cc(CNC(=O)c2c(NC(=O)c3cccc(COCC(F)(F)F)c3)cnn2C)cn1. The number of halogens is 3. The normalized spacial score (nSPS) is 11.4. The lowest BCUT2D eigenvalue weighted by Gasteiger charge is -2.10. The average molecular weight is 450 g/mol. The number of carbonyl (C=O) groups excluding carboxylic acids is 2. The molecule has 0 spiro atoms. The Labute approximate surface area is 181 Å². The van der Waals surface area contributed by atoms with Gasteiger partial charge in [-0.3, -0.25) is 19.0 Å². The van der Waals surface area contributed by atoms with Crippen LogP contribution in [0.2, 0.25) is 0 Å². The number of hydrogen-bond acceptors (Lipinski definition) is 5. The summed E-state index contributed by atoms with van der Waals surface area (Å²) in [4.78, 5) is 25.3. The van der Waals surface area contributed by atoms with Crippen molar-refractivity contribution in [1.29, 1.82) is 0 Å². The molecule has 170 valence electrons. The Balaban J connectivity index is 1.65. The van der Waals surface area contributed by atoms with Crippen molar-refractivity contribution in [3.05, 3.63) is 65.2 Å². The van der Waals surface area contributed by atoms with Crippen LogP contribution in [-0.4, -0.2) is 44.2 Å². The van der Waals surface area contributed by atoms with Crippen LogP contribution in [0.3, 0.4) is 0 Å². The summed E-state index contributed by atoms with van der Waals surface area (Å²) >= 11 is 0. The maximum atomic E-state index is 12.7. The van der Waals surface area contributed by atoms with Crippen molar-refractivity contribution in [2.45, 2.75) is 19.3 Å². The summed E-state index contributed by atoms with van der Waals surface area (Å²) in [6, 6.07) is 6.01. The van der Waals surface area contributed by atoms with Gasteiger partial charge in [-0.05, 0) is 17.7 Å². The summed E-state index contributed by atoms with van der Waals surface area (Å²) in [6.07, 6.45) is 0.297. The lowest BCUT2D eigenvalue weighted by Crippen LogP contribution is -2.26. The number of anilines is 1. The first-order valence-electron chi connectivity index (χ1n) is 9.45. The number of aromatic nitrogens is 4. The molecule has 0 saturated heterocycles. The Morgan fingerprint density at radius 2 is 1.88 bits per heavy atom. The minimum Gasteiger partial charge on any atom is -0.367 e. The van der Waals surface area contributed by atoms with E-state index in [0.29, 0.717) is 5.56 Å². The van der Waals surface area contributed by atoms with Gasteiger partial charge in [0, 0.05) is 38.0 Å². The predicted molar refractivity (Wildman–Crippen MR) is 108 cm³/mol. The maximum Gasteiger partial charge on any atom is 0.411 e. The Morgan fingerprint density at radius 1 is 1.09 bits per heavy atom. The number of nitrogens with zero attached hydrogens (tertiary/aromatic N) is 4. The van der Waals surface area contributed by atoms with Gasteiger partial charge in [-0.25, -0.2) is 0 Å². The van der Waals surface area contributed by atoms with Gasteiger partial charge >= 0.3 is 6.18 Å². The molecule has 3 aromatic rings. The minimum absolute atomic E-state index is 0.145. The molecule has 0 aliphatic carbocycles. The molecule has 12 heteroatoms. The van der Waals surface area contributed by atoms with Crippen molar-refractivity contribution in [1.82, 2.24) is 24.9 Å². The molecule has 0 radical (unpaired) electrons. The van der Waals surface area contributed by atoms with Gasteiger partial charge in [0.2, 0.25) is 0 Å². The number of ether oxygens (including phenoxy) is 1. The van der Waals surface area contributed by atoms with E-state index in [2.05, 4.69) is 25.6 Å². The van der Waals surface area contributed by atoms with Gasteiger partial charge in [0.25, 0.3) is 11.8 Å². The molecule has 0 aliphatic heterocycles. The van der Waals surface area contributed by atoms with Gasteiger partial charge in [-0.2, -0.15) is 23.4 Å². The van der Waals surface area contributed by atoms with Crippen molar-refractivity contribution in [2.75, 3.05) is 11.9 Å². The van der Waals surface area contributed by atoms with Gasteiger partial charge in [-0.15, -0.1) is 0 Å². The van der Waals surface area contributed by atoms with E-state index in [0.717, 1.165) is 5.56 Å². The molecule has 9 nitrogen and oxygen atoms in total. The molecule has 32 heavy (non-hydrogen) atoms. The highest BCUT2D eigenvalue weighted by Crippen LogP contribution is 2.18. The molecule has 0 unspecified atom stereocenters. The standard InChI is InChI=1S/C20H21F3N6O3/c1-28-10-14(8-25-28)7-24-19(31)17-16(9-26-29(17)2)27-18(30)15-5-3-4-13(6-15)11-32-12-20(21,22)23/h3-6,8-10H,7,11-12H2,1-2H3,(H,24,31)(H,27,30). The third kappa shape index (κ3) is 6.17. The molecule has 2 amide bonds. The number of hydrogen-bond donors (Lipinski definition) is 2. The first kappa shape index (κ1) is 23.0. The highest BCUT2D eigenvalue weighted by Gasteiger charge is 2.27. The smallest absolute Gasteiger partial charge is 0.367 e. The minimum atomic E-state index is -4.43. The number of aryl methyl sites for hydroxylation is 2. The highest BCUT2D eigenvalue weighted by molar-refractivity contribution is 6.08. The maximum absolute atomic E-state index is 12.7. The van der Waals surface area contributed by atoms with Gasteiger partial charge in [-0.1, -0.05) is 12.1 Å². The fourth-order valence-electron chi connectivity index (χ4n) is 2.91. The van der Waals surface area contributed by atoms with Crippen LogP contribution in [0, 0.1) is 0 Å². The second-order valence-corrected chi connectivity index (χ2v) is 7.00. The summed E-state index contributed by atoms with van der Waals surface area (Å²) in [7, 11) is 3.32. The Morgan fingerprint density at radius 3 is 2.56 bits per heavy atom. The molecule has 0 fully saturated rings. The summed E-state index contributed by atoms with van der Waals surface area (Å²) in [6.45, 7) is -1.43. The van der Waals surface area contributed by atoms with Crippen LogP contribution < -0.4 is 10.6 Å². The largest absolute Gasteiger partial charge is 0.411 e. The van der Waals surface area contributed by atoms with Crippen LogP contribution >= 0.6 is 0 Å². The fraction of sp³-hybridized carbons (Fsp3) is 0.300. The lowest BCUT2D eigenvalue weighted by atomic mass is 10.1. The molecule has 0 saturated carbocycles. The molecular formula is C20H21F3N6O3. The monoisotopic (exact) mass is 450 g/mol. The van der Waals surface area contributed by atoms with Crippen LogP contribution in [0.15, 0.2) is 42.9 Å². The topological polar surface area (TPSA) is 103 Å². The second kappa shape index (κ2) is 9.64. The molecule has 3 rings (SSSR count). The van der Waals surface area contributed by atoms with Crippen molar-refractivity contribution in [3.8, 4) is 0 Å². The van der Waals surface area contributed by atoms with Crippen LogP contribution in [0.4, 0.5) is 18.9 Å². The fourth-order valence-corrected chi connectivity index (χ4v) is 2.91. The summed E-state index contributed by atoms with van der Waals surface area (Å²) < 4.78 is 44.3. The molecule has 0 aliphatic rings. The lowest BCUT2D eigenvalue weighted by molar-refractivity contribution is -0.176. The molecule has 0 atom stereocenters. The number of carbonyl (C=O) groups is 2. The highest BCUT2D eigenvalue weighted by atomic mass is 19.4. The van der Waals surface area contributed by atoms with E-state index in [1.54, 1.807) is 37.2 Å². The van der Waals surface area contributed by atoms with Crippen LogP contribution in [0.25, 0.3) is 0 Å². The zero-order chi connectivity index (χ0) is 23.3.